The number of aryl methyl sites for hydroxylation is 1. The molecule has 0 spiro atoms. The van der Waals surface area contributed by atoms with Gasteiger partial charge < -0.3 is 10.1 Å². The van der Waals surface area contributed by atoms with Gasteiger partial charge in [0.2, 0.25) is 10.0 Å². The molecule has 3 rings (SSSR count). The maximum atomic E-state index is 12.9. The van der Waals surface area contributed by atoms with Gasteiger partial charge in [0.05, 0.1) is 4.90 Å². The third kappa shape index (κ3) is 5.31. The Bertz CT molecular complexity index is 1190. The van der Waals surface area contributed by atoms with Crippen LogP contribution in [-0.4, -0.2) is 32.7 Å². The number of carbonyl (C=O) groups excluding carboxylic acids is 1. The molecule has 0 saturated carbocycles. The fourth-order valence-corrected chi connectivity index (χ4v) is 3.99. The number of hydrogen-bond acceptors (Lipinski definition) is 4. The molecule has 0 unspecified atom stereocenters. The summed E-state index contributed by atoms with van der Waals surface area (Å²) in [6.45, 7) is 4.06. The van der Waals surface area contributed by atoms with E-state index in [1.807, 2.05) is 44.2 Å². The molecule has 0 saturated heterocycles. The zero-order valence-electron chi connectivity index (χ0n) is 18.0. The van der Waals surface area contributed by atoms with E-state index in [1.54, 1.807) is 30.3 Å². The van der Waals surface area contributed by atoms with Crippen molar-refractivity contribution in [2.24, 2.45) is 0 Å². The Balaban J connectivity index is 1.81. The summed E-state index contributed by atoms with van der Waals surface area (Å²) >= 11 is 0. The average Bonchev–Trinajstić information content (AvgIpc) is 2.76. The Morgan fingerprint density at radius 2 is 1.68 bits per heavy atom. The fraction of sp³-hybridized carbons (Fsp3) is 0.208. The van der Waals surface area contributed by atoms with Crippen LogP contribution in [0.25, 0.3) is 0 Å². The Labute approximate surface area is 183 Å². The molecule has 0 fully saturated rings. The van der Waals surface area contributed by atoms with Crippen molar-refractivity contribution in [1.82, 2.24) is 4.31 Å². The van der Waals surface area contributed by atoms with Crippen molar-refractivity contribution in [3.05, 3.63) is 89.0 Å². The zero-order valence-corrected chi connectivity index (χ0v) is 18.9. The first-order chi connectivity index (χ1) is 14.7. The van der Waals surface area contributed by atoms with Crippen LogP contribution < -0.4 is 10.1 Å². The molecule has 6 nitrogen and oxygen atoms in total. The molecule has 0 atom stereocenters. The summed E-state index contributed by atoms with van der Waals surface area (Å²) in [5.74, 6) is 0.236. The molecule has 0 aliphatic carbocycles. The zero-order chi connectivity index (χ0) is 22.6. The van der Waals surface area contributed by atoms with Gasteiger partial charge in [-0.1, -0.05) is 36.4 Å². The van der Waals surface area contributed by atoms with Gasteiger partial charge in [0.15, 0.2) is 0 Å². The van der Waals surface area contributed by atoms with E-state index in [2.05, 4.69) is 5.32 Å². The smallest absolute Gasteiger partial charge is 0.255 e. The van der Waals surface area contributed by atoms with Gasteiger partial charge in [0, 0.05) is 25.3 Å². The number of carbonyl (C=O) groups is 1. The number of rotatable bonds is 7. The molecule has 0 bridgehead atoms. The van der Waals surface area contributed by atoms with E-state index in [0.717, 1.165) is 21.0 Å². The molecule has 0 aromatic heterocycles. The van der Waals surface area contributed by atoms with E-state index in [9.17, 15) is 13.2 Å². The first-order valence-corrected chi connectivity index (χ1v) is 11.2. The highest BCUT2D eigenvalue weighted by Gasteiger charge is 2.20. The number of anilines is 1. The van der Waals surface area contributed by atoms with Crippen molar-refractivity contribution in [2.75, 3.05) is 19.4 Å². The van der Waals surface area contributed by atoms with E-state index in [0.29, 0.717) is 23.6 Å². The van der Waals surface area contributed by atoms with Gasteiger partial charge in [-0.3, -0.25) is 4.79 Å². The minimum Gasteiger partial charge on any atom is -0.489 e. The predicted molar refractivity (Wildman–Crippen MR) is 122 cm³/mol. The van der Waals surface area contributed by atoms with Gasteiger partial charge in [0.25, 0.3) is 5.91 Å². The summed E-state index contributed by atoms with van der Waals surface area (Å²) in [4.78, 5) is 13.0. The van der Waals surface area contributed by atoms with Crippen molar-refractivity contribution in [3.63, 3.8) is 0 Å². The van der Waals surface area contributed by atoms with Crippen LogP contribution in [0, 0.1) is 13.8 Å². The molecule has 162 valence electrons. The number of hydrogen-bond donors (Lipinski definition) is 1. The summed E-state index contributed by atoms with van der Waals surface area (Å²) in [6, 6.07) is 19.8. The Morgan fingerprint density at radius 1 is 0.968 bits per heavy atom. The summed E-state index contributed by atoms with van der Waals surface area (Å²) in [5.41, 5.74) is 3.49. The van der Waals surface area contributed by atoms with Crippen molar-refractivity contribution >= 4 is 21.6 Å². The average molecular weight is 439 g/mol. The second-order valence-corrected chi connectivity index (χ2v) is 9.61. The third-order valence-corrected chi connectivity index (χ3v) is 6.81. The maximum Gasteiger partial charge on any atom is 0.255 e. The number of sulfonamides is 1. The van der Waals surface area contributed by atoms with E-state index >= 15 is 0 Å². The summed E-state index contributed by atoms with van der Waals surface area (Å²) in [6.07, 6.45) is 0. The van der Waals surface area contributed by atoms with Crippen LogP contribution in [0.1, 0.15) is 27.0 Å². The normalized spacial score (nSPS) is 11.4. The SMILES string of the molecule is Cc1cc(S(=O)(=O)N(C)C)cc(NC(=O)c2cccc(OCc3ccccc3)c2)c1C. The Kier molecular flexibility index (Phi) is 6.77. The summed E-state index contributed by atoms with van der Waals surface area (Å²) in [7, 11) is -0.666. The topological polar surface area (TPSA) is 75.7 Å². The predicted octanol–water partition coefficient (Wildman–Crippen LogP) is 4.39. The number of nitrogens with zero attached hydrogens (tertiary/aromatic N) is 1. The maximum absolute atomic E-state index is 12.9. The van der Waals surface area contributed by atoms with Crippen molar-refractivity contribution in [2.45, 2.75) is 25.3 Å². The van der Waals surface area contributed by atoms with E-state index in [4.69, 9.17) is 4.74 Å². The lowest BCUT2D eigenvalue weighted by atomic mass is 10.1. The molecule has 31 heavy (non-hydrogen) atoms. The monoisotopic (exact) mass is 438 g/mol. The molecule has 0 aliphatic heterocycles. The minimum atomic E-state index is -3.62. The number of nitrogens with one attached hydrogen (secondary N) is 1. The molecular weight excluding hydrogens is 412 g/mol. The third-order valence-electron chi connectivity index (χ3n) is 5.01. The van der Waals surface area contributed by atoms with Crippen LogP contribution in [-0.2, 0) is 16.6 Å². The number of ether oxygens (including phenoxy) is 1. The van der Waals surface area contributed by atoms with Crippen molar-refractivity contribution in [1.29, 1.82) is 0 Å². The van der Waals surface area contributed by atoms with Crippen LogP contribution in [0.2, 0.25) is 0 Å². The van der Waals surface area contributed by atoms with Gasteiger partial charge >= 0.3 is 0 Å². The highest BCUT2D eigenvalue weighted by atomic mass is 32.2. The highest BCUT2D eigenvalue weighted by Crippen LogP contribution is 2.26. The number of benzene rings is 3. The first-order valence-electron chi connectivity index (χ1n) is 9.80. The van der Waals surface area contributed by atoms with Gasteiger partial charge in [-0.2, -0.15) is 0 Å². The van der Waals surface area contributed by atoms with Gasteiger partial charge in [-0.05, 0) is 60.9 Å². The summed E-state index contributed by atoms with van der Waals surface area (Å²) < 4.78 is 32.0. The first kappa shape index (κ1) is 22.5. The van der Waals surface area contributed by atoms with Crippen LogP contribution in [0.15, 0.2) is 71.6 Å². The number of amides is 1. The van der Waals surface area contributed by atoms with Gasteiger partial charge in [-0.25, -0.2) is 12.7 Å². The largest absolute Gasteiger partial charge is 0.489 e. The Morgan fingerprint density at radius 3 is 2.35 bits per heavy atom. The quantitative estimate of drug-likeness (QED) is 0.594. The van der Waals surface area contributed by atoms with E-state index in [-0.39, 0.29) is 10.8 Å². The molecular formula is C24H26N2O4S. The van der Waals surface area contributed by atoms with Crippen molar-refractivity contribution < 1.29 is 17.9 Å². The molecule has 0 heterocycles. The summed E-state index contributed by atoms with van der Waals surface area (Å²) in [5, 5.41) is 2.84. The molecule has 3 aromatic rings. The van der Waals surface area contributed by atoms with Gasteiger partial charge in [-0.15, -0.1) is 0 Å². The Hall–Kier alpha value is -3.16. The standard InChI is InChI=1S/C24H26N2O4S/c1-17-13-22(31(28,29)26(3)4)15-23(18(17)2)25-24(27)20-11-8-12-21(14-20)30-16-19-9-6-5-7-10-19/h5-15H,16H2,1-4H3,(H,25,27). The van der Waals surface area contributed by atoms with Crippen molar-refractivity contribution in [3.8, 4) is 5.75 Å². The molecule has 3 aromatic carbocycles. The molecule has 1 N–H and O–H groups in total. The van der Waals surface area contributed by atoms with Crippen LogP contribution in [0.3, 0.4) is 0 Å². The second kappa shape index (κ2) is 9.32. The highest BCUT2D eigenvalue weighted by molar-refractivity contribution is 7.89. The van der Waals surface area contributed by atoms with E-state index < -0.39 is 10.0 Å². The van der Waals surface area contributed by atoms with E-state index in [1.165, 1.54) is 20.2 Å². The lowest BCUT2D eigenvalue weighted by Crippen LogP contribution is -2.23. The molecule has 1 amide bonds. The minimum absolute atomic E-state index is 0.135. The molecule has 7 heteroatoms. The fourth-order valence-electron chi connectivity index (χ4n) is 2.98. The lowest BCUT2D eigenvalue weighted by molar-refractivity contribution is 0.102. The van der Waals surface area contributed by atoms with Crippen LogP contribution >= 0.6 is 0 Å². The second-order valence-electron chi connectivity index (χ2n) is 7.46. The van der Waals surface area contributed by atoms with Gasteiger partial charge in [0.1, 0.15) is 12.4 Å². The molecule has 0 aliphatic rings. The van der Waals surface area contributed by atoms with Crippen LogP contribution in [0.5, 0.6) is 5.75 Å². The lowest BCUT2D eigenvalue weighted by Gasteiger charge is -2.16. The molecule has 0 radical (unpaired) electrons. The van der Waals surface area contributed by atoms with Crippen LogP contribution in [0.4, 0.5) is 5.69 Å².